The lowest BCUT2D eigenvalue weighted by Crippen LogP contribution is -2.40. The van der Waals surface area contributed by atoms with Crippen molar-refractivity contribution < 1.29 is 24.2 Å². The summed E-state index contributed by atoms with van der Waals surface area (Å²) >= 11 is 0. The number of ether oxygens (including phenoxy) is 2. The molecule has 2 fully saturated rings. The number of carbonyl (C=O) groups excluding carboxylic acids is 2. The fourth-order valence-corrected chi connectivity index (χ4v) is 4.59. The molecule has 1 saturated carbocycles. The summed E-state index contributed by atoms with van der Waals surface area (Å²) in [6.45, 7) is 0. The lowest BCUT2D eigenvalue weighted by Gasteiger charge is -2.35. The van der Waals surface area contributed by atoms with Crippen LogP contribution in [0.2, 0.25) is 0 Å². The highest BCUT2D eigenvalue weighted by Crippen LogP contribution is 2.44. The van der Waals surface area contributed by atoms with Crippen LogP contribution in [-0.4, -0.2) is 46.9 Å². The fraction of sp³-hybridized carbons (Fsp3) is 0.375. The number of amides is 1. The van der Waals surface area contributed by atoms with Gasteiger partial charge in [-0.1, -0.05) is 25.3 Å². The van der Waals surface area contributed by atoms with Gasteiger partial charge >= 0.3 is 0 Å². The fourth-order valence-electron chi connectivity index (χ4n) is 4.59. The van der Waals surface area contributed by atoms with Gasteiger partial charge < -0.3 is 19.5 Å². The molecule has 1 N–H and O–H groups in total. The summed E-state index contributed by atoms with van der Waals surface area (Å²) in [5.41, 5.74) is 1.09. The Bertz CT molecular complexity index is 1010. The van der Waals surface area contributed by atoms with Gasteiger partial charge in [0.2, 0.25) is 0 Å². The topological polar surface area (TPSA) is 89.0 Å². The number of likely N-dealkylation sites (tertiary alicyclic amines) is 1. The van der Waals surface area contributed by atoms with E-state index in [-0.39, 0.29) is 17.4 Å². The molecule has 2 aliphatic rings. The Morgan fingerprint density at radius 3 is 2.52 bits per heavy atom. The molecular formula is C24H26N2O5. The molecule has 1 aliphatic heterocycles. The number of pyridine rings is 1. The molecule has 0 spiro atoms. The molecule has 1 aromatic carbocycles. The normalized spacial score (nSPS) is 21.4. The van der Waals surface area contributed by atoms with Crippen LogP contribution in [0.15, 0.2) is 48.3 Å². The van der Waals surface area contributed by atoms with E-state index in [0.717, 1.165) is 32.1 Å². The zero-order valence-corrected chi connectivity index (χ0v) is 17.7. The summed E-state index contributed by atoms with van der Waals surface area (Å²) in [5.74, 6) is -0.611. The summed E-state index contributed by atoms with van der Waals surface area (Å²) in [6, 6.07) is 7.80. The molecule has 162 valence electrons. The van der Waals surface area contributed by atoms with Crippen molar-refractivity contribution in [3.63, 3.8) is 0 Å². The lowest BCUT2D eigenvalue weighted by atomic mass is 9.91. The molecule has 1 amide bonds. The largest absolute Gasteiger partial charge is 0.507 e. The van der Waals surface area contributed by atoms with Crippen molar-refractivity contribution in [2.45, 2.75) is 44.2 Å². The van der Waals surface area contributed by atoms with Crippen molar-refractivity contribution in [2.24, 2.45) is 0 Å². The minimum Gasteiger partial charge on any atom is -0.507 e. The lowest BCUT2D eigenvalue weighted by molar-refractivity contribution is -0.141. The predicted octanol–water partition coefficient (Wildman–Crippen LogP) is 3.85. The first kappa shape index (κ1) is 20.9. The van der Waals surface area contributed by atoms with Crippen LogP contribution in [0.5, 0.6) is 11.5 Å². The van der Waals surface area contributed by atoms with Gasteiger partial charge in [0.05, 0.1) is 31.4 Å². The number of Topliss-reactive ketones (excluding diaryl/α,β-unsaturated/α-hetero) is 1. The van der Waals surface area contributed by atoms with Gasteiger partial charge in [-0.25, -0.2) is 0 Å². The van der Waals surface area contributed by atoms with Crippen molar-refractivity contribution in [2.75, 3.05) is 14.2 Å². The van der Waals surface area contributed by atoms with E-state index in [4.69, 9.17) is 9.47 Å². The highest BCUT2D eigenvalue weighted by molar-refractivity contribution is 6.46. The van der Waals surface area contributed by atoms with Gasteiger partial charge in [0, 0.05) is 24.5 Å². The van der Waals surface area contributed by atoms with E-state index in [1.54, 1.807) is 41.6 Å². The van der Waals surface area contributed by atoms with Crippen LogP contribution in [0, 0.1) is 0 Å². The van der Waals surface area contributed by atoms with Crippen LogP contribution >= 0.6 is 0 Å². The number of benzene rings is 1. The van der Waals surface area contributed by atoms with Gasteiger partial charge in [-0.05, 0) is 36.6 Å². The van der Waals surface area contributed by atoms with Crippen molar-refractivity contribution in [1.82, 2.24) is 9.88 Å². The Kier molecular flexibility index (Phi) is 5.93. The molecule has 0 bridgehead atoms. The average molecular weight is 422 g/mol. The average Bonchev–Trinajstić information content (AvgIpc) is 3.09. The van der Waals surface area contributed by atoms with Gasteiger partial charge in [-0.3, -0.25) is 14.6 Å². The van der Waals surface area contributed by atoms with E-state index in [1.807, 2.05) is 6.07 Å². The molecule has 7 heteroatoms. The zero-order valence-electron chi connectivity index (χ0n) is 17.7. The Balaban J connectivity index is 1.88. The molecule has 1 unspecified atom stereocenters. The zero-order chi connectivity index (χ0) is 22.0. The minimum absolute atomic E-state index is 0.0431. The van der Waals surface area contributed by atoms with E-state index in [1.165, 1.54) is 14.2 Å². The SMILES string of the molecule is COc1ccc(/C(O)=C2/C(=O)C(=O)N(C3CCCCC3)C2c2cccnc2)c(OC)c1. The van der Waals surface area contributed by atoms with E-state index in [9.17, 15) is 14.7 Å². The molecule has 31 heavy (non-hydrogen) atoms. The number of hydrogen-bond acceptors (Lipinski definition) is 6. The van der Waals surface area contributed by atoms with Crippen LogP contribution in [0.25, 0.3) is 5.76 Å². The number of aromatic nitrogens is 1. The Morgan fingerprint density at radius 2 is 1.87 bits per heavy atom. The summed E-state index contributed by atoms with van der Waals surface area (Å²) < 4.78 is 10.6. The van der Waals surface area contributed by atoms with E-state index < -0.39 is 17.7 Å². The smallest absolute Gasteiger partial charge is 0.295 e. The molecule has 0 radical (unpaired) electrons. The van der Waals surface area contributed by atoms with Crippen LogP contribution in [0.1, 0.15) is 49.3 Å². The predicted molar refractivity (Wildman–Crippen MR) is 115 cm³/mol. The van der Waals surface area contributed by atoms with Crippen LogP contribution in [0.4, 0.5) is 0 Å². The van der Waals surface area contributed by atoms with Gasteiger partial charge in [0.1, 0.15) is 17.3 Å². The molecule has 1 aliphatic carbocycles. The molecule has 1 saturated heterocycles. The first-order valence-corrected chi connectivity index (χ1v) is 10.5. The number of aliphatic hydroxyl groups excluding tert-OH is 1. The molecule has 1 aromatic heterocycles. The van der Waals surface area contributed by atoms with E-state index in [2.05, 4.69) is 4.98 Å². The number of hydrogen-bond donors (Lipinski definition) is 1. The first-order valence-electron chi connectivity index (χ1n) is 10.5. The third-order valence-electron chi connectivity index (χ3n) is 6.11. The minimum atomic E-state index is -0.691. The Hall–Kier alpha value is -3.35. The maximum Gasteiger partial charge on any atom is 0.295 e. The number of nitrogens with zero attached hydrogens (tertiary/aromatic N) is 2. The number of carbonyl (C=O) groups is 2. The number of methoxy groups -OCH3 is 2. The third-order valence-corrected chi connectivity index (χ3v) is 6.11. The van der Waals surface area contributed by atoms with Crippen molar-refractivity contribution in [3.8, 4) is 11.5 Å². The van der Waals surface area contributed by atoms with Crippen LogP contribution in [-0.2, 0) is 9.59 Å². The van der Waals surface area contributed by atoms with Gasteiger partial charge in [-0.15, -0.1) is 0 Å². The Morgan fingerprint density at radius 1 is 1.10 bits per heavy atom. The molecule has 2 aromatic rings. The van der Waals surface area contributed by atoms with Crippen molar-refractivity contribution >= 4 is 17.4 Å². The molecular weight excluding hydrogens is 396 g/mol. The highest BCUT2D eigenvalue weighted by atomic mass is 16.5. The monoisotopic (exact) mass is 422 g/mol. The van der Waals surface area contributed by atoms with Crippen LogP contribution in [0.3, 0.4) is 0 Å². The second kappa shape index (κ2) is 8.79. The van der Waals surface area contributed by atoms with Gasteiger partial charge in [0.15, 0.2) is 0 Å². The third kappa shape index (κ3) is 3.76. The first-order chi connectivity index (χ1) is 15.1. The summed E-state index contributed by atoms with van der Waals surface area (Å²) in [5, 5.41) is 11.3. The molecule has 1 atom stereocenters. The molecule has 4 rings (SSSR count). The van der Waals surface area contributed by atoms with E-state index >= 15 is 0 Å². The summed E-state index contributed by atoms with van der Waals surface area (Å²) in [4.78, 5) is 32.2. The van der Waals surface area contributed by atoms with Crippen molar-refractivity contribution in [3.05, 3.63) is 59.4 Å². The quantitative estimate of drug-likeness (QED) is 0.447. The molecule has 7 nitrogen and oxygen atoms in total. The summed E-state index contributed by atoms with van der Waals surface area (Å²) in [6.07, 6.45) is 8.12. The van der Waals surface area contributed by atoms with E-state index in [0.29, 0.717) is 22.6 Å². The second-order valence-corrected chi connectivity index (χ2v) is 7.85. The second-order valence-electron chi connectivity index (χ2n) is 7.85. The number of aliphatic hydroxyl groups is 1. The maximum atomic E-state index is 13.2. The number of ketones is 1. The van der Waals surface area contributed by atoms with Crippen molar-refractivity contribution in [1.29, 1.82) is 0 Å². The Labute approximate surface area is 181 Å². The molecule has 2 heterocycles. The summed E-state index contributed by atoms with van der Waals surface area (Å²) in [7, 11) is 3.01. The van der Waals surface area contributed by atoms with Crippen LogP contribution < -0.4 is 9.47 Å². The van der Waals surface area contributed by atoms with Gasteiger partial charge in [-0.2, -0.15) is 0 Å². The maximum absolute atomic E-state index is 13.2. The standard InChI is InChI=1S/C24H26N2O5/c1-30-17-10-11-18(19(13-17)31-2)22(27)20-21(15-7-6-12-25-14-15)26(24(29)23(20)28)16-8-4-3-5-9-16/h6-7,10-14,16,21,27H,3-5,8-9H2,1-2H3/b22-20-. The van der Waals surface area contributed by atoms with Gasteiger partial charge in [0.25, 0.3) is 11.7 Å². The highest BCUT2D eigenvalue weighted by Gasteiger charge is 2.49. The number of rotatable bonds is 5.